The molecule has 0 atom stereocenters. The summed E-state index contributed by atoms with van der Waals surface area (Å²) in [6.07, 6.45) is 1.01. The molecule has 0 saturated carbocycles. The predicted molar refractivity (Wildman–Crippen MR) is 103 cm³/mol. The number of nitrogens with zero attached hydrogens (tertiary/aromatic N) is 3. The number of carbonyl (C=O) groups is 1. The molecule has 25 heavy (non-hydrogen) atoms. The van der Waals surface area contributed by atoms with Gasteiger partial charge in [-0.25, -0.2) is 0 Å². The van der Waals surface area contributed by atoms with Crippen molar-refractivity contribution in [3.63, 3.8) is 0 Å². The summed E-state index contributed by atoms with van der Waals surface area (Å²) < 4.78 is 6.27. The molecule has 0 saturated heterocycles. The van der Waals surface area contributed by atoms with Gasteiger partial charge in [-0.15, -0.1) is 5.10 Å². The van der Waals surface area contributed by atoms with E-state index in [4.69, 9.17) is 4.74 Å². The quantitative estimate of drug-likeness (QED) is 0.612. The maximum atomic E-state index is 12.6. The number of aryl methyl sites for hydroxylation is 1. The molecular formula is C18H25N3O2S2. The van der Waals surface area contributed by atoms with Gasteiger partial charge in [0, 0.05) is 13.1 Å². The van der Waals surface area contributed by atoms with E-state index < -0.39 is 0 Å². The molecule has 2 rings (SSSR count). The van der Waals surface area contributed by atoms with Crippen LogP contribution in [0.3, 0.4) is 0 Å². The first-order valence-electron chi connectivity index (χ1n) is 8.44. The number of rotatable bonds is 9. The van der Waals surface area contributed by atoms with Crippen LogP contribution < -0.4 is 4.74 Å². The molecule has 1 heterocycles. The van der Waals surface area contributed by atoms with Crippen LogP contribution in [0.5, 0.6) is 5.19 Å². The highest BCUT2D eigenvalue weighted by molar-refractivity contribution is 8.01. The number of carbonyl (C=O) groups excluding carboxylic acids is 1. The van der Waals surface area contributed by atoms with Crippen LogP contribution in [0.2, 0.25) is 0 Å². The van der Waals surface area contributed by atoms with Crippen molar-refractivity contribution in [2.75, 3.05) is 12.3 Å². The number of aromatic nitrogens is 2. The van der Waals surface area contributed by atoms with E-state index in [1.807, 2.05) is 18.7 Å². The second-order valence-corrected chi connectivity index (χ2v) is 8.25. The Bertz CT molecular complexity index is 671. The van der Waals surface area contributed by atoms with Gasteiger partial charge in [0.15, 0.2) is 4.34 Å². The second kappa shape index (κ2) is 9.77. The first-order chi connectivity index (χ1) is 12.0. The van der Waals surface area contributed by atoms with Gasteiger partial charge in [0.1, 0.15) is 0 Å². The minimum absolute atomic E-state index is 0.0713. The van der Waals surface area contributed by atoms with E-state index in [9.17, 15) is 4.79 Å². The maximum Gasteiger partial charge on any atom is 0.295 e. The van der Waals surface area contributed by atoms with E-state index in [0.29, 0.717) is 17.5 Å². The Kier molecular flexibility index (Phi) is 7.71. The lowest BCUT2D eigenvalue weighted by atomic mass is 10.1. The van der Waals surface area contributed by atoms with Crippen molar-refractivity contribution in [1.29, 1.82) is 0 Å². The lowest BCUT2D eigenvalue weighted by Gasteiger charge is -2.22. The molecule has 0 fully saturated rings. The van der Waals surface area contributed by atoms with Crippen LogP contribution in [0.15, 0.2) is 28.6 Å². The number of ether oxygens (including phenoxy) is 1. The van der Waals surface area contributed by atoms with Crippen LogP contribution in [0.25, 0.3) is 0 Å². The molecule has 5 nitrogen and oxygen atoms in total. The molecule has 1 aromatic heterocycles. The van der Waals surface area contributed by atoms with Crippen molar-refractivity contribution in [3.05, 3.63) is 35.4 Å². The van der Waals surface area contributed by atoms with Gasteiger partial charge in [-0.2, -0.15) is 0 Å². The van der Waals surface area contributed by atoms with Crippen molar-refractivity contribution in [2.45, 2.75) is 51.1 Å². The third-order valence-corrected chi connectivity index (χ3v) is 5.32. The molecule has 136 valence electrons. The zero-order valence-corrected chi connectivity index (χ0v) is 16.8. The molecule has 0 unspecified atom stereocenters. The SMILES string of the molecule is CCCN(Cc1ccc(C)cc1)C(=O)CSc1nnc(OC(C)C)s1. The molecule has 0 aliphatic heterocycles. The van der Waals surface area contributed by atoms with E-state index in [1.165, 1.54) is 28.7 Å². The molecule has 0 aliphatic carbocycles. The zero-order chi connectivity index (χ0) is 18.2. The first kappa shape index (κ1) is 19.7. The van der Waals surface area contributed by atoms with Gasteiger partial charge < -0.3 is 9.64 Å². The van der Waals surface area contributed by atoms with Crippen molar-refractivity contribution in [2.24, 2.45) is 0 Å². The fourth-order valence-electron chi connectivity index (χ4n) is 2.20. The highest BCUT2D eigenvalue weighted by atomic mass is 32.2. The molecule has 1 amide bonds. The summed E-state index contributed by atoms with van der Waals surface area (Å²) in [5.74, 6) is 0.483. The average molecular weight is 380 g/mol. The largest absolute Gasteiger partial charge is 0.466 e. The molecule has 0 bridgehead atoms. The van der Waals surface area contributed by atoms with E-state index in [0.717, 1.165) is 22.9 Å². The number of amides is 1. The van der Waals surface area contributed by atoms with E-state index in [1.54, 1.807) is 0 Å². The molecule has 0 N–H and O–H groups in total. The normalized spacial score (nSPS) is 10.9. The smallest absolute Gasteiger partial charge is 0.295 e. The molecule has 0 aliphatic rings. The number of hydrogen-bond donors (Lipinski definition) is 0. The highest BCUT2D eigenvalue weighted by Gasteiger charge is 2.15. The molecule has 0 spiro atoms. The molecule has 2 aromatic rings. The van der Waals surface area contributed by atoms with Crippen LogP contribution in [0.1, 0.15) is 38.3 Å². The third kappa shape index (κ3) is 6.66. The summed E-state index contributed by atoms with van der Waals surface area (Å²) in [5.41, 5.74) is 2.38. The number of hydrogen-bond acceptors (Lipinski definition) is 6. The fourth-order valence-corrected chi connectivity index (χ4v) is 3.90. The predicted octanol–water partition coefficient (Wildman–Crippen LogP) is 4.16. The summed E-state index contributed by atoms with van der Waals surface area (Å²) in [7, 11) is 0. The van der Waals surface area contributed by atoms with Gasteiger partial charge in [0.25, 0.3) is 5.19 Å². The Morgan fingerprint density at radius 1 is 1.28 bits per heavy atom. The topological polar surface area (TPSA) is 55.3 Å². The van der Waals surface area contributed by atoms with Gasteiger partial charge in [0.2, 0.25) is 5.91 Å². The highest BCUT2D eigenvalue weighted by Crippen LogP contribution is 2.28. The van der Waals surface area contributed by atoms with Crippen LogP contribution in [-0.2, 0) is 11.3 Å². The molecule has 0 radical (unpaired) electrons. The number of thioether (sulfide) groups is 1. The average Bonchev–Trinajstić information content (AvgIpc) is 3.01. The Balaban J connectivity index is 1.91. The molecule has 1 aromatic carbocycles. The minimum atomic E-state index is 0.0713. The number of benzene rings is 1. The lowest BCUT2D eigenvalue weighted by molar-refractivity contribution is -0.129. The lowest BCUT2D eigenvalue weighted by Crippen LogP contribution is -2.32. The van der Waals surface area contributed by atoms with E-state index in [-0.39, 0.29) is 12.0 Å². The van der Waals surface area contributed by atoms with Gasteiger partial charge in [-0.05, 0) is 44.1 Å². The van der Waals surface area contributed by atoms with Crippen molar-refractivity contribution < 1.29 is 9.53 Å². The summed E-state index contributed by atoms with van der Waals surface area (Å²) in [4.78, 5) is 14.5. The molecular weight excluding hydrogens is 354 g/mol. The Labute approximate surface area is 157 Å². The Morgan fingerprint density at radius 3 is 2.64 bits per heavy atom. The van der Waals surface area contributed by atoms with Crippen LogP contribution in [-0.4, -0.2) is 39.4 Å². The second-order valence-electron chi connectivity index (χ2n) is 6.09. The Morgan fingerprint density at radius 2 is 2.00 bits per heavy atom. The standard InChI is InChI=1S/C18H25N3O2S2/c1-5-10-21(11-15-8-6-14(4)7-9-15)16(22)12-24-18-20-19-17(25-18)23-13(2)3/h6-9,13H,5,10-12H2,1-4H3. The van der Waals surface area contributed by atoms with Crippen LogP contribution >= 0.6 is 23.1 Å². The summed E-state index contributed by atoms with van der Waals surface area (Å²) in [5, 5.41) is 8.62. The van der Waals surface area contributed by atoms with Gasteiger partial charge in [0.05, 0.1) is 11.9 Å². The fraction of sp³-hybridized carbons (Fsp3) is 0.500. The van der Waals surface area contributed by atoms with Gasteiger partial charge in [-0.3, -0.25) is 4.79 Å². The van der Waals surface area contributed by atoms with Crippen molar-refractivity contribution in [1.82, 2.24) is 15.1 Å². The van der Waals surface area contributed by atoms with E-state index >= 15 is 0 Å². The monoisotopic (exact) mass is 379 g/mol. The van der Waals surface area contributed by atoms with Crippen LogP contribution in [0, 0.1) is 6.92 Å². The third-order valence-electron chi connectivity index (χ3n) is 3.38. The van der Waals surface area contributed by atoms with Gasteiger partial charge in [-0.1, -0.05) is 53.6 Å². The molecule has 7 heteroatoms. The van der Waals surface area contributed by atoms with Gasteiger partial charge >= 0.3 is 0 Å². The summed E-state index contributed by atoms with van der Waals surface area (Å²) >= 11 is 2.80. The van der Waals surface area contributed by atoms with E-state index in [2.05, 4.69) is 48.3 Å². The van der Waals surface area contributed by atoms with Crippen molar-refractivity contribution in [3.8, 4) is 5.19 Å². The zero-order valence-electron chi connectivity index (χ0n) is 15.2. The summed E-state index contributed by atoms with van der Waals surface area (Å²) in [6, 6.07) is 8.32. The first-order valence-corrected chi connectivity index (χ1v) is 10.2. The Hall–Kier alpha value is -1.60. The van der Waals surface area contributed by atoms with Crippen LogP contribution in [0.4, 0.5) is 0 Å². The summed E-state index contributed by atoms with van der Waals surface area (Å²) in [6.45, 7) is 9.45. The minimum Gasteiger partial charge on any atom is -0.466 e. The van der Waals surface area contributed by atoms with Crippen molar-refractivity contribution >= 4 is 29.0 Å². The maximum absolute atomic E-state index is 12.6.